The molecule has 126 valence electrons. The number of pyridine rings is 1. The molecule has 3 heterocycles. The molecule has 24 heavy (non-hydrogen) atoms. The summed E-state index contributed by atoms with van der Waals surface area (Å²) in [5, 5.41) is 0. The highest BCUT2D eigenvalue weighted by atomic mass is 16.2. The number of likely N-dealkylation sites (tertiary alicyclic amines) is 1. The van der Waals surface area contributed by atoms with E-state index in [9.17, 15) is 9.59 Å². The van der Waals surface area contributed by atoms with Crippen molar-refractivity contribution in [2.24, 2.45) is 11.7 Å². The van der Waals surface area contributed by atoms with Crippen molar-refractivity contribution in [3.63, 3.8) is 0 Å². The van der Waals surface area contributed by atoms with Crippen LogP contribution in [0.1, 0.15) is 33.9 Å². The Bertz CT molecular complexity index is 767. The molecule has 0 unspecified atom stereocenters. The zero-order valence-corrected chi connectivity index (χ0v) is 14.0. The van der Waals surface area contributed by atoms with Gasteiger partial charge in [0.25, 0.3) is 5.91 Å². The van der Waals surface area contributed by atoms with Gasteiger partial charge in [0.15, 0.2) is 0 Å². The first-order valence-corrected chi connectivity index (χ1v) is 8.12. The summed E-state index contributed by atoms with van der Waals surface area (Å²) in [5.74, 6) is -0.587. The fourth-order valence-corrected chi connectivity index (χ4v) is 3.26. The Morgan fingerprint density at radius 3 is 2.75 bits per heavy atom. The van der Waals surface area contributed by atoms with E-state index in [1.807, 2.05) is 38.1 Å². The minimum Gasteiger partial charge on any atom is -0.369 e. The van der Waals surface area contributed by atoms with Gasteiger partial charge in [-0.25, -0.2) is 0 Å². The zero-order chi connectivity index (χ0) is 17.3. The molecule has 0 spiro atoms. The van der Waals surface area contributed by atoms with Gasteiger partial charge >= 0.3 is 0 Å². The minimum absolute atomic E-state index is 0.0286. The van der Waals surface area contributed by atoms with Gasteiger partial charge in [0.05, 0.1) is 23.7 Å². The lowest BCUT2D eigenvalue weighted by Gasteiger charge is -2.16. The molecule has 0 saturated carbocycles. The highest BCUT2D eigenvalue weighted by Gasteiger charge is 2.31. The molecule has 0 aromatic carbocycles. The van der Waals surface area contributed by atoms with Gasteiger partial charge in [-0.15, -0.1) is 0 Å². The third kappa shape index (κ3) is 3.04. The molecule has 0 radical (unpaired) electrons. The monoisotopic (exact) mass is 326 g/mol. The molecule has 1 aliphatic heterocycles. The number of nitrogens with zero attached hydrogens (tertiary/aromatic N) is 3. The third-order valence-corrected chi connectivity index (χ3v) is 4.73. The van der Waals surface area contributed by atoms with Crippen LogP contribution in [0.25, 0.3) is 0 Å². The van der Waals surface area contributed by atoms with Crippen LogP contribution < -0.4 is 5.73 Å². The Morgan fingerprint density at radius 1 is 1.33 bits per heavy atom. The van der Waals surface area contributed by atoms with Crippen molar-refractivity contribution in [2.75, 3.05) is 13.1 Å². The minimum atomic E-state index is -0.328. The summed E-state index contributed by atoms with van der Waals surface area (Å²) in [6.45, 7) is 5.57. The number of primary amides is 1. The molecule has 1 atom stereocenters. The molecule has 0 aliphatic carbocycles. The molecular weight excluding hydrogens is 304 g/mol. The van der Waals surface area contributed by atoms with Crippen molar-refractivity contribution in [1.82, 2.24) is 14.5 Å². The number of carbonyl (C=O) groups excluding carboxylic acids is 2. The van der Waals surface area contributed by atoms with Gasteiger partial charge in [0, 0.05) is 30.7 Å². The molecule has 2 N–H and O–H groups in total. The van der Waals surface area contributed by atoms with Crippen LogP contribution in [0.3, 0.4) is 0 Å². The maximum absolute atomic E-state index is 12.8. The smallest absolute Gasteiger partial charge is 0.255 e. The van der Waals surface area contributed by atoms with Crippen molar-refractivity contribution in [2.45, 2.75) is 26.8 Å². The Morgan fingerprint density at radius 2 is 2.12 bits per heavy atom. The lowest BCUT2D eigenvalue weighted by molar-refractivity contribution is -0.121. The van der Waals surface area contributed by atoms with Crippen LogP contribution in [0.5, 0.6) is 0 Å². The number of aromatic nitrogens is 2. The van der Waals surface area contributed by atoms with Gasteiger partial charge in [-0.2, -0.15) is 0 Å². The van der Waals surface area contributed by atoms with Crippen molar-refractivity contribution in [3.05, 3.63) is 53.1 Å². The summed E-state index contributed by atoms with van der Waals surface area (Å²) >= 11 is 0. The van der Waals surface area contributed by atoms with Gasteiger partial charge in [0.1, 0.15) is 0 Å². The molecule has 2 amide bonds. The van der Waals surface area contributed by atoms with E-state index in [1.165, 1.54) is 0 Å². The molecule has 1 aliphatic rings. The second-order valence-electron chi connectivity index (χ2n) is 6.33. The topological polar surface area (TPSA) is 81.2 Å². The van der Waals surface area contributed by atoms with Crippen molar-refractivity contribution < 1.29 is 9.59 Å². The van der Waals surface area contributed by atoms with E-state index in [0.29, 0.717) is 31.6 Å². The van der Waals surface area contributed by atoms with Gasteiger partial charge in [-0.3, -0.25) is 14.6 Å². The molecule has 0 bridgehead atoms. The largest absolute Gasteiger partial charge is 0.369 e. The van der Waals surface area contributed by atoms with Crippen LogP contribution >= 0.6 is 0 Å². The number of nitrogens with two attached hydrogens (primary N) is 1. The summed E-state index contributed by atoms with van der Waals surface area (Å²) < 4.78 is 2.09. The number of hydrogen-bond donors (Lipinski definition) is 1. The average molecular weight is 326 g/mol. The van der Waals surface area contributed by atoms with E-state index in [1.54, 1.807) is 11.1 Å². The Balaban J connectivity index is 1.81. The molecular formula is C18H22N4O2. The Hall–Kier alpha value is -2.63. The fraction of sp³-hybridized carbons (Fsp3) is 0.389. The predicted molar refractivity (Wildman–Crippen MR) is 90.4 cm³/mol. The number of hydrogen-bond acceptors (Lipinski definition) is 3. The second kappa shape index (κ2) is 6.47. The molecule has 6 heteroatoms. The second-order valence-corrected chi connectivity index (χ2v) is 6.33. The summed E-state index contributed by atoms with van der Waals surface area (Å²) in [4.78, 5) is 30.2. The SMILES string of the molecule is Cc1cc(C(=O)N2CC[C@@H](C(N)=O)C2)c(C)n1Cc1ccccn1. The van der Waals surface area contributed by atoms with Crippen LogP contribution in [-0.4, -0.2) is 39.4 Å². The maximum atomic E-state index is 12.8. The van der Waals surface area contributed by atoms with Gasteiger partial charge < -0.3 is 15.2 Å². The van der Waals surface area contributed by atoms with Gasteiger partial charge in [-0.05, 0) is 38.5 Å². The van der Waals surface area contributed by atoms with E-state index < -0.39 is 0 Å². The highest BCUT2D eigenvalue weighted by molar-refractivity contribution is 5.96. The van der Waals surface area contributed by atoms with Crippen LogP contribution in [0.2, 0.25) is 0 Å². The fourth-order valence-electron chi connectivity index (χ4n) is 3.26. The molecule has 1 saturated heterocycles. The predicted octanol–water partition coefficient (Wildman–Crippen LogP) is 1.50. The number of carbonyl (C=O) groups is 2. The number of aryl methyl sites for hydroxylation is 1. The summed E-state index contributed by atoms with van der Waals surface area (Å²) in [6.07, 6.45) is 2.41. The molecule has 6 nitrogen and oxygen atoms in total. The zero-order valence-electron chi connectivity index (χ0n) is 14.0. The van der Waals surface area contributed by atoms with Crippen LogP contribution in [0.4, 0.5) is 0 Å². The quantitative estimate of drug-likeness (QED) is 0.924. The van der Waals surface area contributed by atoms with E-state index in [4.69, 9.17) is 5.73 Å². The van der Waals surface area contributed by atoms with Crippen LogP contribution in [0, 0.1) is 19.8 Å². The van der Waals surface area contributed by atoms with Gasteiger partial charge in [-0.1, -0.05) is 6.07 Å². The molecule has 2 aromatic heterocycles. The maximum Gasteiger partial charge on any atom is 0.255 e. The lowest BCUT2D eigenvalue weighted by atomic mass is 10.1. The Kier molecular flexibility index (Phi) is 4.38. The number of rotatable bonds is 4. The number of amides is 2. The first kappa shape index (κ1) is 16.2. The summed E-state index contributed by atoms with van der Waals surface area (Å²) in [6, 6.07) is 7.73. The first-order valence-electron chi connectivity index (χ1n) is 8.12. The first-order chi connectivity index (χ1) is 11.5. The highest BCUT2D eigenvalue weighted by Crippen LogP contribution is 2.22. The van der Waals surface area contributed by atoms with Crippen molar-refractivity contribution >= 4 is 11.8 Å². The van der Waals surface area contributed by atoms with Crippen LogP contribution in [-0.2, 0) is 11.3 Å². The van der Waals surface area contributed by atoms with E-state index in [2.05, 4.69) is 9.55 Å². The van der Waals surface area contributed by atoms with Crippen molar-refractivity contribution in [3.8, 4) is 0 Å². The Labute approximate surface area is 141 Å². The molecule has 3 rings (SSSR count). The van der Waals surface area contributed by atoms with Gasteiger partial charge in [0.2, 0.25) is 5.91 Å². The van der Waals surface area contributed by atoms with E-state index >= 15 is 0 Å². The average Bonchev–Trinajstić information content (AvgIpc) is 3.16. The molecule has 2 aromatic rings. The third-order valence-electron chi connectivity index (χ3n) is 4.73. The van der Waals surface area contributed by atoms with E-state index in [0.717, 1.165) is 17.1 Å². The lowest BCUT2D eigenvalue weighted by Crippen LogP contribution is -2.32. The normalized spacial score (nSPS) is 17.2. The summed E-state index contributed by atoms with van der Waals surface area (Å²) in [5.41, 5.74) is 8.94. The van der Waals surface area contributed by atoms with Crippen LogP contribution in [0.15, 0.2) is 30.5 Å². The van der Waals surface area contributed by atoms with Crippen molar-refractivity contribution in [1.29, 1.82) is 0 Å². The standard InChI is InChI=1S/C18H22N4O2/c1-12-9-16(18(24)21-8-6-14(10-21)17(19)23)13(2)22(12)11-15-5-3-4-7-20-15/h3-5,7,9,14H,6,8,10-11H2,1-2H3,(H2,19,23)/t14-/m1/s1. The molecule has 1 fully saturated rings. The summed E-state index contributed by atoms with van der Waals surface area (Å²) in [7, 11) is 0. The van der Waals surface area contributed by atoms with E-state index in [-0.39, 0.29) is 17.7 Å².